The second kappa shape index (κ2) is 34.9. The van der Waals surface area contributed by atoms with Crippen LogP contribution in [0.1, 0.15) is 158 Å². The van der Waals surface area contributed by atoms with Crippen molar-refractivity contribution in [3.8, 4) is 0 Å². The van der Waals surface area contributed by atoms with Gasteiger partial charge in [-0.05, 0) is 67.4 Å². The number of nitrogens with two attached hydrogens (primary N) is 1. The van der Waals surface area contributed by atoms with Gasteiger partial charge in [0.2, 0.25) is 0 Å². The smallest absolute Gasteiger partial charge is 0.465 e. The second-order valence-electron chi connectivity index (χ2n) is 20.6. The molecule has 0 aliphatic heterocycles. The first kappa shape index (κ1) is 63.8. The quantitative estimate of drug-likeness (QED) is 0.00717. The summed E-state index contributed by atoms with van der Waals surface area (Å²) in [6.45, 7) is 4.32. The number of nitrogens with zero attached hydrogens (tertiary/aromatic N) is 6. The standard InChI is InChI=1S/C57H87N8O11P/c1-7-9-11-12-13-14-15-16-17-18-19-20-21-22-23-27-53(66)73-42-45(44-76-77(70,71)75-39-37-65(4,5)6)43-74-54(67)34-36-64(51-26-24-25-35-59-51)56(68)47-30-33-50-49(40-47)61-52(63(50)3)41-60-48-31-28-46(29-32-48)55(58)62-57(69)72-38-10-8-2/h24-26,28-33,35,40,45H,7-23,27,34,36-39,41-44H2,1-6H3,(H3-,58,60,62,69,70,71)/p+1. The summed E-state index contributed by atoms with van der Waals surface area (Å²) in [6, 6.07) is 17.4. The molecule has 4 N–H and O–H groups in total. The summed E-state index contributed by atoms with van der Waals surface area (Å²) in [5, 5.41) is 3.35. The van der Waals surface area contributed by atoms with Crippen molar-refractivity contribution < 1.29 is 56.4 Å². The molecule has 4 aromatic rings. The van der Waals surface area contributed by atoms with Crippen molar-refractivity contribution in [3.05, 3.63) is 83.8 Å². The topological polar surface area (TPSA) is 236 Å². The summed E-state index contributed by atoms with van der Waals surface area (Å²) in [7, 11) is 3.16. The monoisotopic (exact) mass is 1090 g/mol. The molecule has 20 heteroatoms. The Morgan fingerprint density at radius 3 is 1.94 bits per heavy atom. The van der Waals surface area contributed by atoms with Gasteiger partial charge in [-0.25, -0.2) is 19.3 Å². The van der Waals surface area contributed by atoms with E-state index in [0.29, 0.717) is 52.3 Å². The van der Waals surface area contributed by atoms with E-state index < -0.39 is 37.7 Å². The molecule has 2 aromatic carbocycles. The lowest BCUT2D eigenvalue weighted by Crippen LogP contribution is -2.37. The Hall–Kier alpha value is -5.72. The molecule has 0 fully saturated rings. The average molecular weight is 1090 g/mol. The minimum Gasteiger partial charge on any atom is -0.465 e. The van der Waals surface area contributed by atoms with Crippen molar-refractivity contribution in [3.63, 3.8) is 0 Å². The van der Waals surface area contributed by atoms with Crippen LogP contribution in [0.4, 0.5) is 16.3 Å². The number of benzene rings is 2. The molecular formula is C57H88N8O11P+. The Balaban J connectivity index is 1.30. The molecule has 2 atom stereocenters. The maximum atomic E-state index is 14.3. The molecule has 0 saturated carbocycles. The first-order chi connectivity index (χ1) is 37.0. The minimum absolute atomic E-state index is 0.0301. The van der Waals surface area contributed by atoms with Crippen molar-refractivity contribution in [2.75, 3.05) is 77.5 Å². The Bertz CT molecular complexity index is 2460. The van der Waals surface area contributed by atoms with Gasteiger partial charge in [0, 0.05) is 43.0 Å². The van der Waals surface area contributed by atoms with Crippen LogP contribution in [0, 0.1) is 5.92 Å². The molecule has 4 rings (SSSR count). The number of phosphoric acid groups is 1. The number of ether oxygens (including phenoxy) is 3. The lowest BCUT2D eigenvalue weighted by atomic mass is 10.0. The number of amidine groups is 1. The van der Waals surface area contributed by atoms with Crippen LogP contribution >= 0.6 is 7.82 Å². The first-order valence-corrected chi connectivity index (χ1v) is 29.2. The highest BCUT2D eigenvalue weighted by atomic mass is 31.2. The van der Waals surface area contributed by atoms with Crippen LogP contribution in [0.3, 0.4) is 0 Å². The fourth-order valence-electron chi connectivity index (χ4n) is 8.19. The summed E-state index contributed by atoms with van der Waals surface area (Å²) in [4.78, 5) is 77.3. The van der Waals surface area contributed by atoms with Crippen LogP contribution in [-0.2, 0) is 51.0 Å². The van der Waals surface area contributed by atoms with Gasteiger partial charge in [-0.15, -0.1) is 0 Å². The number of anilines is 2. The molecule has 19 nitrogen and oxygen atoms in total. The number of carbonyl (C=O) groups excluding carboxylic acids is 4. The molecule has 0 aliphatic carbocycles. The number of quaternary nitrogens is 1. The maximum absolute atomic E-state index is 14.3. The van der Waals surface area contributed by atoms with E-state index in [1.165, 1.54) is 75.5 Å². The lowest BCUT2D eigenvalue weighted by Gasteiger charge is -2.24. The number of carbonyl (C=O) groups is 4. The van der Waals surface area contributed by atoms with Crippen LogP contribution in [0.15, 0.2) is 71.9 Å². The molecule has 0 spiro atoms. The summed E-state index contributed by atoms with van der Waals surface area (Å²) >= 11 is 0. The molecule has 426 valence electrons. The molecule has 0 saturated heterocycles. The maximum Gasteiger partial charge on any atom is 0.472 e. The van der Waals surface area contributed by atoms with E-state index >= 15 is 0 Å². The molecule has 2 amide bonds. The van der Waals surface area contributed by atoms with Gasteiger partial charge in [0.25, 0.3) is 5.91 Å². The van der Waals surface area contributed by atoms with Gasteiger partial charge >= 0.3 is 25.9 Å². The van der Waals surface area contributed by atoms with Gasteiger partial charge < -0.3 is 39.2 Å². The molecular weight excluding hydrogens is 1000 g/mol. The Labute approximate surface area is 456 Å². The number of amides is 2. The molecule has 77 heavy (non-hydrogen) atoms. The fourth-order valence-corrected chi connectivity index (χ4v) is 8.98. The molecule has 2 unspecified atom stereocenters. The van der Waals surface area contributed by atoms with Crippen molar-refractivity contribution in [1.29, 1.82) is 0 Å². The first-order valence-electron chi connectivity index (χ1n) is 27.8. The Morgan fingerprint density at radius 2 is 1.34 bits per heavy atom. The van der Waals surface area contributed by atoms with Crippen molar-refractivity contribution in [2.45, 2.75) is 142 Å². The number of esters is 2. The van der Waals surface area contributed by atoms with Gasteiger partial charge in [-0.3, -0.25) is 28.3 Å². The van der Waals surface area contributed by atoms with E-state index in [0.717, 1.165) is 43.3 Å². The van der Waals surface area contributed by atoms with Crippen LogP contribution in [0.5, 0.6) is 0 Å². The molecule has 0 radical (unpaired) electrons. The number of nitrogens with one attached hydrogen (secondary N) is 1. The SMILES string of the molecule is CCCCCCCCCCCCCCCCCC(=O)OCC(COC(=O)CCN(C(=O)c1ccc2c(c1)nc(CNc1ccc(/C(N)=N/C(=O)OCCCC)cc1)n2C)c1ccccn1)COP(=O)(O)OCC[N+](C)(C)C. The normalized spacial score (nSPS) is 13.0. The molecule has 2 aromatic heterocycles. The third kappa shape index (κ3) is 25.5. The fraction of sp³-hybridized carbons (Fsp3) is 0.596. The average Bonchev–Trinajstić information content (AvgIpc) is 3.75. The van der Waals surface area contributed by atoms with Crippen LogP contribution in [0.25, 0.3) is 11.0 Å². The summed E-state index contributed by atoms with van der Waals surface area (Å²) in [6.07, 6.45) is 20.7. The Kier molecular flexibility index (Phi) is 28.9. The van der Waals surface area contributed by atoms with E-state index in [2.05, 4.69) is 22.2 Å². The summed E-state index contributed by atoms with van der Waals surface area (Å²) < 4.78 is 42.0. The van der Waals surface area contributed by atoms with Crippen molar-refractivity contribution >= 4 is 60.1 Å². The number of unbranched alkanes of at least 4 members (excludes halogenated alkanes) is 15. The van der Waals surface area contributed by atoms with Gasteiger partial charge in [0.1, 0.15) is 30.6 Å². The number of aromatic nitrogens is 3. The van der Waals surface area contributed by atoms with E-state index in [9.17, 15) is 28.6 Å². The van der Waals surface area contributed by atoms with Gasteiger partial charge in [-0.2, -0.15) is 4.99 Å². The highest BCUT2D eigenvalue weighted by molar-refractivity contribution is 7.47. The van der Waals surface area contributed by atoms with Crippen LogP contribution in [0.2, 0.25) is 0 Å². The summed E-state index contributed by atoms with van der Waals surface area (Å²) in [5.41, 5.74) is 9.07. The summed E-state index contributed by atoms with van der Waals surface area (Å²) in [5.74, 6) is -1.21. The number of rotatable bonds is 39. The number of aliphatic imine (C=N–C) groups is 1. The van der Waals surface area contributed by atoms with Gasteiger partial charge in [0.15, 0.2) is 0 Å². The number of fused-ring (bicyclic) bond motifs is 1. The van der Waals surface area contributed by atoms with Crippen LogP contribution < -0.4 is 16.0 Å². The number of likely N-dealkylation sites (N-methyl/N-ethyl adjacent to an activating group) is 1. The van der Waals surface area contributed by atoms with E-state index in [4.69, 9.17) is 34.0 Å². The zero-order valence-corrected chi connectivity index (χ0v) is 47.7. The zero-order valence-electron chi connectivity index (χ0n) is 46.8. The number of hydrogen-bond donors (Lipinski definition) is 3. The number of phosphoric ester groups is 1. The highest BCUT2D eigenvalue weighted by Gasteiger charge is 2.27. The van der Waals surface area contributed by atoms with E-state index in [1.54, 1.807) is 48.7 Å². The predicted octanol–water partition coefficient (Wildman–Crippen LogP) is 11.1. The number of hydrogen-bond acceptors (Lipinski definition) is 13. The highest BCUT2D eigenvalue weighted by Crippen LogP contribution is 2.43. The minimum atomic E-state index is -4.49. The number of pyridine rings is 1. The van der Waals surface area contributed by atoms with E-state index in [1.807, 2.05) is 57.9 Å². The molecule has 2 heterocycles. The largest absolute Gasteiger partial charge is 0.472 e. The predicted molar refractivity (Wildman–Crippen MR) is 302 cm³/mol. The van der Waals surface area contributed by atoms with Crippen LogP contribution in [-0.4, -0.2) is 121 Å². The van der Waals surface area contributed by atoms with Crippen molar-refractivity contribution in [1.82, 2.24) is 14.5 Å². The van der Waals surface area contributed by atoms with Gasteiger partial charge in [-0.1, -0.05) is 116 Å². The number of imidazole rings is 1. The number of aryl methyl sites for hydroxylation is 1. The Morgan fingerprint density at radius 1 is 0.740 bits per heavy atom. The zero-order chi connectivity index (χ0) is 55.9. The van der Waals surface area contributed by atoms with Crippen molar-refractivity contribution in [2.24, 2.45) is 23.7 Å². The molecule has 0 bridgehead atoms. The molecule has 0 aliphatic rings. The second-order valence-corrected chi connectivity index (χ2v) is 22.1. The third-order valence-corrected chi connectivity index (χ3v) is 13.9. The lowest BCUT2D eigenvalue weighted by molar-refractivity contribution is -0.870. The van der Waals surface area contributed by atoms with E-state index in [-0.39, 0.29) is 58.3 Å². The third-order valence-electron chi connectivity index (χ3n) is 12.9. The van der Waals surface area contributed by atoms with Gasteiger partial charge in [0.05, 0.1) is 77.5 Å².